The highest BCUT2D eigenvalue weighted by Crippen LogP contribution is 2.52. The SMILES string of the molecule is COCCOCCOCC[N+]1=C(/C=C2\C(=O)C(/C=C3/N(CCCC(=O)ON4C(=O)CCC4=O)c4ccc(S(=O)(=O)[O-])cc4C3(C)CCOC)=C2O)C(C)(CCCS(=O)(=O)[O-])c2cc(S(=O)(=O)[O-])ccc21. The van der Waals surface area contributed by atoms with Gasteiger partial charge in [-0.2, -0.15) is 4.58 Å². The average Bonchev–Trinajstić information content (AvgIpc) is 3.82. The Morgan fingerprint density at radius 3 is 1.97 bits per heavy atom. The molecule has 25 heteroatoms. The summed E-state index contributed by atoms with van der Waals surface area (Å²) in [6.45, 7) is 4.60. The number of imide groups is 1. The standard InChI is InChI=1S/C45H55N3O19S3/c1-44(14-6-24-68(54,55)56)33-25-29(69(57,58)59)9-11-36(33)47(17-19-65-22-23-66-21-20-64-4)37(44)27-31-42(52)32(43(31)53)28-38-45(2,15-18-63-3)34-26-30(70(60,61)62)8-10-35(34)46(38)16-5-7-41(51)67-48-39(49)12-13-40(48)50/h8-11,25-28H,5-7,12-24H2,1-4H3,(H3-,52,53,54,55,56,57,58,59,60,61,62)/p-2. The molecule has 2 aromatic rings. The number of allylic oxidation sites excluding steroid dienone is 5. The third-order valence-electron chi connectivity index (χ3n) is 12.7. The van der Waals surface area contributed by atoms with Crippen molar-refractivity contribution in [2.24, 2.45) is 0 Å². The molecule has 3 heterocycles. The minimum Gasteiger partial charge on any atom is -0.748 e. The summed E-state index contributed by atoms with van der Waals surface area (Å²) in [6.07, 6.45) is 2.09. The summed E-state index contributed by atoms with van der Waals surface area (Å²) in [7, 11) is -11.7. The van der Waals surface area contributed by atoms with Gasteiger partial charge in [0.1, 0.15) is 32.6 Å². The van der Waals surface area contributed by atoms with Crippen molar-refractivity contribution in [2.45, 2.75) is 79.4 Å². The van der Waals surface area contributed by atoms with Gasteiger partial charge in [0.15, 0.2) is 12.3 Å². The van der Waals surface area contributed by atoms with Crippen LogP contribution in [0.5, 0.6) is 0 Å². The number of ketones is 1. The maximum absolute atomic E-state index is 14.5. The number of nitrogens with zero attached hydrogens (tertiary/aromatic N) is 3. The summed E-state index contributed by atoms with van der Waals surface area (Å²) < 4.78 is 132. The van der Waals surface area contributed by atoms with Gasteiger partial charge in [0, 0.05) is 86.9 Å². The molecule has 0 saturated carbocycles. The van der Waals surface area contributed by atoms with Crippen LogP contribution in [0.25, 0.3) is 0 Å². The van der Waals surface area contributed by atoms with E-state index < -0.39 is 86.1 Å². The molecule has 3 aliphatic heterocycles. The Hall–Kier alpha value is -5.22. The summed E-state index contributed by atoms with van der Waals surface area (Å²) in [5, 5.41) is 12.3. The van der Waals surface area contributed by atoms with Crippen LogP contribution < -0.4 is 4.90 Å². The van der Waals surface area contributed by atoms with Crippen LogP contribution in [0, 0.1) is 0 Å². The number of Topliss-reactive ketones (excluding diaryl/α,β-unsaturated/α-hetero) is 1. The van der Waals surface area contributed by atoms with Crippen molar-refractivity contribution >= 4 is 71.0 Å². The number of rotatable bonds is 25. The van der Waals surface area contributed by atoms with Crippen LogP contribution in [0.1, 0.15) is 69.9 Å². The van der Waals surface area contributed by atoms with E-state index in [4.69, 9.17) is 23.8 Å². The van der Waals surface area contributed by atoms with E-state index in [1.807, 2.05) is 0 Å². The van der Waals surface area contributed by atoms with Gasteiger partial charge in [0.25, 0.3) is 11.8 Å². The van der Waals surface area contributed by atoms with Crippen LogP contribution in [0.3, 0.4) is 0 Å². The molecular weight excluding hydrogens is 983 g/mol. The van der Waals surface area contributed by atoms with E-state index in [1.165, 1.54) is 44.6 Å². The Morgan fingerprint density at radius 1 is 0.771 bits per heavy atom. The number of benzene rings is 2. The van der Waals surface area contributed by atoms with E-state index in [-0.39, 0.29) is 107 Å². The van der Waals surface area contributed by atoms with Gasteiger partial charge in [-0.1, -0.05) is 0 Å². The van der Waals surface area contributed by atoms with Crippen molar-refractivity contribution < 1.29 is 91.6 Å². The Morgan fingerprint density at radius 2 is 1.37 bits per heavy atom. The highest BCUT2D eigenvalue weighted by atomic mass is 32.2. The molecule has 0 aromatic heterocycles. The Labute approximate surface area is 405 Å². The van der Waals surface area contributed by atoms with Crippen molar-refractivity contribution in [3.8, 4) is 0 Å². The smallest absolute Gasteiger partial charge is 0.333 e. The highest BCUT2D eigenvalue weighted by Gasteiger charge is 2.50. The summed E-state index contributed by atoms with van der Waals surface area (Å²) in [5.74, 6) is -4.22. The number of carbonyl (C=O) groups is 4. The second-order valence-corrected chi connectivity index (χ2v) is 21.6. The van der Waals surface area contributed by atoms with Crippen LogP contribution in [-0.4, -0.2) is 156 Å². The average molecular weight is 1040 g/mol. The topological polar surface area (TPSA) is 316 Å². The largest absolute Gasteiger partial charge is 0.748 e. The molecule has 1 aliphatic carbocycles. The molecule has 6 rings (SSSR count). The highest BCUT2D eigenvalue weighted by molar-refractivity contribution is 7.86. The number of fused-ring (bicyclic) bond motifs is 2. The minimum atomic E-state index is -5.01. The first kappa shape index (κ1) is 54.1. The lowest BCUT2D eigenvalue weighted by atomic mass is 9.73. The zero-order valence-corrected chi connectivity index (χ0v) is 41.2. The Balaban J connectivity index is 1.43. The van der Waals surface area contributed by atoms with E-state index in [1.54, 1.807) is 23.3 Å². The maximum Gasteiger partial charge on any atom is 0.333 e. The van der Waals surface area contributed by atoms with Crippen LogP contribution >= 0.6 is 0 Å². The maximum atomic E-state index is 14.5. The van der Waals surface area contributed by atoms with Crippen molar-refractivity contribution in [3.63, 3.8) is 0 Å². The lowest BCUT2D eigenvalue weighted by Gasteiger charge is -2.32. The summed E-state index contributed by atoms with van der Waals surface area (Å²) in [5.41, 5.74) is -1.03. The molecule has 0 spiro atoms. The molecule has 0 radical (unpaired) electrons. The lowest BCUT2D eigenvalue weighted by Crippen LogP contribution is -2.35. The summed E-state index contributed by atoms with van der Waals surface area (Å²) >= 11 is 0. The number of aliphatic hydroxyl groups is 1. The van der Waals surface area contributed by atoms with Gasteiger partial charge in [-0.3, -0.25) is 14.4 Å². The summed E-state index contributed by atoms with van der Waals surface area (Å²) in [4.78, 5) is 57.0. The van der Waals surface area contributed by atoms with Gasteiger partial charge >= 0.3 is 5.97 Å². The van der Waals surface area contributed by atoms with Gasteiger partial charge < -0.3 is 47.4 Å². The zero-order valence-electron chi connectivity index (χ0n) is 38.8. The fourth-order valence-corrected chi connectivity index (χ4v) is 10.5. The molecule has 1 fully saturated rings. The van der Waals surface area contributed by atoms with Gasteiger partial charge in [-0.05, 0) is 81.5 Å². The first-order valence-corrected chi connectivity index (χ1v) is 26.4. The fourth-order valence-electron chi connectivity index (χ4n) is 9.01. The van der Waals surface area contributed by atoms with Crippen molar-refractivity contribution in [1.29, 1.82) is 0 Å². The van der Waals surface area contributed by atoms with Gasteiger partial charge in [-0.25, -0.2) is 30.0 Å². The second kappa shape index (κ2) is 21.6. The normalized spacial score (nSPS) is 21.7. The number of hydroxylamine groups is 2. The van der Waals surface area contributed by atoms with Crippen LogP contribution in [0.2, 0.25) is 0 Å². The lowest BCUT2D eigenvalue weighted by molar-refractivity contribution is -0.442. The molecule has 4 aliphatic rings. The molecule has 2 amide bonds. The number of carbonyl (C=O) groups excluding carboxylic acids is 4. The molecule has 70 heavy (non-hydrogen) atoms. The van der Waals surface area contributed by atoms with Crippen molar-refractivity contribution in [1.82, 2.24) is 5.06 Å². The Kier molecular flexibility index (Phi) is 16.7. The summed E-state index contributed by atoms with van der Waals surface area (Å²) in [6, 6.07) is 7.37. The zero-order chi connectivity index (χ0) is 51.4. The molecule has 382 valence electrons. The van der Waals surface area contributed by atoms with Crippen LogP contribution in [0.15, 0.2) is 80.9 Å². The van der Waals surface area contributed by atoms with Crippen LogP contribution in [0.4, 0.5) is 11.4 Å². The first-order chi connectivity index (χ1) is 32.9. The van der Waals surface area contributed by atoms with Gasteiger partial charge in [0.05, 0.1) is 62.9 Å². The molecule has 2 atom stereocenters. The number of hydrogen-bond acceptors (Lipinski definition) is 20. The minimum absolute atomic E-state index is 0.00218. The van der Waals surface area contributed by atoms with E-state index in [9.17, 15) is 63.2 Å². The van der Waals surface area contributed by atoms with E-state index in [2.05, 4.69) is 0 Å². The number of ether oxygens (including phenoxy) is 4. The number of aliphatic hydroxyl groups excluding tert-OH is 1. The van der Waals surface area contributed by atoms with Gasteiger partial charge in [0.2, 0.25) is 11.5 Å². The molecule has 1 N–H and O–H groups in total. The van der Waals surface area contributed by atoms with Gasteiger partial charge in [-0.15, -0.1) is 5.06 Å². The van der Waals surface area contributed by atoms with E-state index >= 15 is 0 Å². The van der Waals surface area contributed by atoms with E-state index in [0.717, 1.165) is 18.2 Å². The third kappa shape index (κ3) is 11.8. The number of anilines is 1. The fraction of sp³-hybridized carbons (Fsp3) is 0.489. The number of hydrogen-bond donors (Lipinski definition) is 1. The van der Waals surface area contributed by atoms with Crippen molar-refractivity contribution in [2.75, 3.05) is 77.6 Å². The predicted molar refractivity (Wildman–Crippen MR) is 242 cm³/mol. The quantitative estimate of drug-likeness (QED) is 0.0490. The van der Waals surface area contributed by atoms with Crippen LogP contribution in [-0.2, 0) is 84.1 Å². The monoisotopic (exact) mass is 1040 g/mol. The molecule has 2 unspecified atom stereocenters. The third-order valence-corrected chi connectivity index (χ3v) is 15.1. The van der Waals surface area contributed by atoms with E-state index in [0.29, 0.717) is 40.9 Å². The first-order valence-electron chi connectivity index (χ1n) is 22.0. The molecule has 22 nitrogen and oxygen atoms in total. The molecule has 0 bridgehead atoms. The number of amides is 2. The Bertz CT molecular complexity index is 2890. The molecule has 2 aromatic carbocycles. The second-order valence-electron chi connectivity index (χ2n) is 17.3. The molecule has 1 saturated heterocycles. The predicted octanol–water partition coefficient (Wildman–Crippen LogP) is 2.26. The van der Waals surface area contributed by atoms with Crippen molar-refractivity contribution in [3.05, 3.63) is 82.3 Å². The molecular formula is C45H53N3O19S3-2. The number of methoxy groups -OCH3 is 2.